The highest BCUT2D eigenvalue weighted by molar-refractivity contribution is 5.93. The van der Waals surface area contributed by atoms with Gasteiger partial charge in [-0.15, -0.1) is 0 Å². The number of aryl methyl sites for hydroxylation is 1. The zero-order chi connectivity index (χ0) is 20.9. The number of hydrogen-bond donors (Lipinski definition) is 1. The van der Waals surface area contributed by atoms with Crippen LogP contribution in [0.4, 0.5) is 10.1 Å². The predicted molar refractivity (Wildman–Crippen MR) is 112 cm³/mol. The summed E-state index contributed by atoms with van der Waals surface area (Å²) >= 11 is 0. The molecular formula is C23H25FN4O2. The van der Waals surface area contributed by atoms with Gasteiger partial charge in [0.15, 0.2) is 5.82 Å². The Morgan fingerprint density at radius 2 is 1.90 bits per heavy atom. The van der Waals surface area contributed by atoms with Gasteiger partial charge >= 0.3 is 0 Å². The average molecular weight is 408 g/mol. The molecule has 1 N–H and O–H groups in total. The van der Waals surface area contributed by atoms with E-state index in [0.717, 1.165) is 43.6 Å². The molecule has 156 valence electrons. The summed E-state index contributed by atoms with van der Waals surface area (Å²) in [6, 6.07) is 13.9. The molecule has 3 aromatic rings. The van der Waals surface area contributed by atoms with Crippen molar-refractivity contribution < 1.29 is 13.7 Å². The van der Waals surface area contributed by atoms with Crippen molar-refractivity contribution in [3.63, 3.8) is 0 Å². The number of carbonyl (C=O) groups is 1. The summed E-state index contributed by atoms with van der Waals surface area (Å²) in [5, 5.41) is 7.13. The second kappa shape index (κ2) is 9.17. The fourth-order valence-corrected chi connectivity index (χ4v) is 3.77. The molecule has 4 rings (SSSR count). The maximum Gasteiger partial charge on any atom is 0.257 e. The van der Waals surface area contributed by atoms with Gasteiger partial charge in [0.2, 0.25) is 5.91 Å². The third-order valence-electron chi connectivity index (χ3n) is 5.54. The molecule has 1 aromatic heterocycles. The second-order valence-corrected chi connectivity index (χ2v) is 7.57. The maximum absolute atomic E-state index is 13.1. The van der Waals surface area contributed by atoms with Crippen LogP contribution in [0.25, 0.3) is 11.5 Å². The van der Waals surface area contributed by atoms with Gasteiger partial charge in [0, 0.05) is 17.2 Å². The van der Waals surface area contributed by atoms with Gasteiger partial charge < -0.3 is 9.84 Å². The van der Waals surface area contributed by atoms with Crippen LogP contribution in [0.2, 0.25) is 0 Å². The Morgan fingerprint density at radius 1 is 1.17 bits per heavy atom. The first-order valence-corrected chi connectivity index (χ1v) is 10.3. The van der Waals surface area contributed by atoms with Gasteiger partial charge in [0.05, 0.1) is 6.54 Å². The monoisotopic (exact) mass is 408 g/mol. The number of benzene rings is 2. The van der Waals surface area contributed by atoms with Gasteiger partial charge in [-0.3, -0.25) is 9.69 Å². The molecule has 0 radical (unpaired) electrons. The number of hydrogen-bond acceptors (Lipinski definition) is 5. The SMILES string of the molecule is CCc1ccccc1NC(=O)C1CCN(Cc2noc(-c3ccc(F)cc3)n2)CC1. The van der Waals surface area contributed by atoms with E-state index in [1.54, 1.807) is 12.1 Å². The van der Waals surface area contributed by atoms with Gasteiger partial charge in [-0.25, -0.2) is 4.39 Å². The van der Waals surface area contributed by atoms with Crippen molar-refractivity contribution in [2.45, 2.75) is 32.7 Å². The van der Waals surface area contributed by atoms with Crippen molar-refractivity contribution in [2.24, 2.45) is 5.92 Å². The Bertz CT molecular complexity index is 994. The summed E-state index contributed by atoms with van der Waals surface area (Å²) in [6.07, 6.45) is 2.48. The zero-order valence-electron chi connectivity index (χ0n) is 17.0. The standard InChI is InChI=1S/C23H25FN4O2/c1-2-16-5-3-4-6-20(16)25-22(29)17-11-13-28(14-12-17)15-21-26-23(30-27-21)18-7-9-19(24)10-8-18/h3-10,17H,2,11-15H2,1H3,(H,25,29). The van der Waals surface area contributed by atoms with Crippen molar-refractivity contribution in [2.75, 3.05) is 18.4 Å². The Hall–Kier alpha value is -3.06. The van der Waals surface area contributed by atoms with Crippen LogP contribution in [0.1, 0.15) is 31.2 Å². The summed E-state index contributed by atoms with van der Waals surface area (Å²) in [5.41, 5.74) is 2.75. The van der Waals surface area contributed by atoms with Crippen molar-refractivity contribution in [3.8, 4) is 11.5 Å². The minimum Gasteiger partial charge on any atom is -0.334 e. The molecule has 0 saturated carbocycles. The first-order valence-electron chi connectivity index (χ1n) is 10.3. The van der Waals surface area contributed by atoms with E-state index in [0.29, 0.717) is 23.8 Å². The van der Waals surface area contributed by atoms with Crippen LogP contribution in [0, 0.1) is 11.7 Å². The topological polar surface area (TPSA) is 71.3 Å². The molecule has 0 atom stereocenters. The van der Waals surface area contributed by atoms with Crippen LogP contribution in [0.15, 0.2) is 53.1 Å². The van der Waals surface area contributed by atoms with Gasteiger partial charge in [-0.05, 0) is 68.2 Å². The average Bonchev–Trinajstić information content (AvgIpc) is 3.23. The van der Waals surface area contributed by atoms with Gasteiger partial charge in [-0.1, -0.05) is 30.3 Å². The van der Waals surface area contributed by atoms with E-state index < -0.39 is 0 Å². The summed E-state index contributed by atoms with van der Waals surface area (Å²) in [7, 11) is 0. The lowest BCUT2D eigenvalue weighted by Gasteiger charge is -2.30. The van der Waals surface area contributed by atoms with Crippen LogP contribution in [-0.4, -0.2) is 34.0 Å². The lowest BCUT2D eigenvalue weighted by Crippen LogP contribution is -2.38. The summed E-state index contributed by atoms with van der Waals surface area (Å²) < 4.78 is 18.4. The second-order valence-electron chi connectivity index (χ2n) is 7.57. The number of amides is 1. The number of nitrogens with zero attached hydrogens (tertiary/aromatic N) is 3. The fourth-order valence-electron chi connectivity index (χ4n) is 3.77. The molecule has 30 heavy (non-hydrogen) atoms. The van der Waals surface area contributed by atoms with Gasteiger partial charge in [-0.2, -0.15) is 4.98 Å². The molecule has 0 spiro atoms. The van der Waals surface area contributed by atoms with E-state index in [9.17, 15) is 9.18 Å². The molecule has 1 amide bonds. The third-order valence-corrected chi connectivity index (χ3v) is 5.54. The van der Waals surface area contributed by atoms with Crippen LogP contribution in [-0.2, 0) is 17.8 Å². The molecule has 6 nitrogen and oxygen atoms in total. The van der Waals surface area contributed by atoms with E-state index in [1.807, 2.05) is 24.3 Å². The smallest absolute Gasteiger partial charge is 0.257 e. The van der Waals surface area contributed by atoms with Gasteiger partial charge in [0.1, 0.15) is 5.82 Å². The number of nitrogens with one attached hydrogen (secondary N) is 1. The number of likely N-dealkylation sites (tertiary alicyclic amines) is 1. The highest BCUT2D eigenvalue weighted by Crippen LogP contribution is 2.23. The minimum absolute atomic E-state index is 0.00575. The van der Waals surface area contributed by atoms with Crippen LogP contribution in [0.3, 0.4) is 0 Å². The highest BCUT2D eigenvalue weighted by Gasteiger charge is 2.26. The van der Waals surface area contributed by atoms with E-state index in [1.165, 1.54) is 12.1 Å². The predicted octanol–water partition coefficient (Wildman–Crippen LogP) is 4.29. The molecule has 1 saturated heterocycles. The highest BCUT2D eigenvalue weighted by atomic mass is 19.1. The van der Waals surface area contributed by atoms with Crippen LogP contribution < -0.4 is 5.32 Å². The Kier molecular flexibility index (Phi) is 6.18. The molecule has 0 aliphatic carbocycles. The van der Waals surface area contributed by atoms with E-state index in [2.05, 4.69) is 27.3 Å². The number of para-hydroxylation sites is 1. The molecular weight excluding hydrogens is 383 g/mol. The molecule has 2 aromatic carbocycles. The quantitative estimate of drug-likeness (QED) is 0.659. The van der Waals surface area contributed by atoms with Crippen LogP contribution >= 0.6 is 0 Å². The van der Waals surface area contributed by atoms with Crippen LogP contribution in [0.5, 0.6) is 0 Å². The van der Waals surface area contributed by atoms with Crippen molar-refractivity contribution in [1.82, 2.24) is 15.0 Å². The summed E-state index contributed by atoms with van der Waals surface area (Å²) in [6.45, 7) is 4.25. The largest absolute Gasteiger partial charge is 0.334 e. The van der Waals surface area contributed by atoms with Crippen molar-refractivity contribution >= 4 is 11.6 Å². The lowest BCUT2D eigenvalue weighted by molar-refractivity contribution is -0.121. The first-order chi connectivity index (χ1) is 14.6. The number of piperidine rings is 1. The molecule has 2 heterocycles. The molecule has 0 unspecified atom stereocenters. The van der Waals surface area contributed by atoms with Crippen molar-refractivity contribution in [3.05, 3.63) is 65.7 Å². The maximum atomic E-state index is 13.1. The Balaban J connectivity index is 1.29. The number of rotatable bonds is 6. The molecule has 1 aliphatic rings. The number of aromatic nitrogens is 2. The molecule has 1 aliphatic heterocycles. The number of carbonyl (C=O) groups excluding carboxylic acids is 1. The zero-order valence-corrected chi connectivity index (χ0v) is 17.0. The molecule has 0 bridgehead atoms. The minimum atomic E-state index is -0.302. The van der Waals surface area contributed by atoms with E-state index in [4.69, 9.17) is 4.52 Å². The fraction of sp³-hybridized carbons (Fsp3) is 0.348. The van der Waals surface area contributed by atoms with E-state index >= 15 is 0 Å². The summed E-state index contributed by atoms with van der Waals surface area (Å²) in [5.74, 6) is 0.770. The number of halogens is 1. The first kappa shape index (κ1) is 20.2. The van der Waals surface area contributed by atoms with Gasteiger partial charge in [0.25, 0.3) is 5.89 Å². The molecule has 1 fully saturated rings. The Labute approximate surface area is 175 Å². The normalized spacial score (nSPS) is 15.3. The molecule has 7 heteroatoms. The number of anilines is 1. The third kappa shape index (κ3) is 4.74. The lowest BCUT2D eigenvalue weighted by atomic mass is 9.95. The Morgan fingerprint density at radius 3 is 2.63 bits per heavy atom. The van der Waals surface area contributed by atoms with Crippen molar-refractivity contribution in [1.29, 1.82) is 0 Å². The summed E-state index contributed by atoms with van der Waals surface area (Å²) in [4.78, 5) is 19.3. The van der Waals surface area contributed by atoms with E-state index in [-0.39, 0.29) is 17.6 Å².